The van der Waals surface area contributed by atoms with E-state index in [9.17, 15) is 15.0 Å². The van der Waals surface area contributed by atoms with Gasteiger partial charge < -0.3 is 19.8 Å². The lowest BCUT2D eigenvalue weighted by Crippen LogP contribution is -2.41. The van der Waals surface area contributed by atoms with E-state index in [2.05, 4.69) is 4.90 Å². The number of hydrogen-bond acceptors (Lipinski definition) is 6. The first-order valence-corrected chi connectivity index (χ1v) is 13.6. The third-order valence-corrected chi connectivity index (χ3v) is 7.37. The first kappa shape index (κ1) is 25.7. The van der Waals surface area contributed by atoms with Gasteiger partial charge >= 0.3 is 6.02 Å². The Morgan fingerprint density at radius 3 is 2.11 bits per heavy atom. The number of aliphatic hydroxyl groups is 2. The van der Waals surface area contributed by atoms with Crippen molar-refractivity contribution in [3.05, 3.63) is 35.6 Å². The maximum Gasteiger partial charge on any atom is 0.300 e. The lowest BCUT2D eigenvalue weighted by Gasteiger charge is -2.29. The Hall–Kier alpha value is -2.38. The average Bonchev–Trinajstić information content (AvgIpc) is 3.20. The van der Waals surface area contributed by atoms with Crippen molar-refractivity contribution in [2.24, 2.45) is 4.99 Å². The Morgan fingerprint density at radius 2 is 1.51 bits per heavy atom. The molecule has 192 valence electrons. The zero-order chi connectivity index (χ0) is 24.5. The predicted molar refractivity (Wildman–Crippen MR) is 139 cm³/mol. The molecule has 1 aromatic rings. The van der Waals surface area contributed by atoms with Gasteiger partial charge in [-0.15, -0.1) is 0 Å². The van der Waals surface area contributed by atoms with Gasteiger partial charge in [0, 0.05) is 38.0 Å². The topological polar surface area (TPSA) is 85.6 Å². The molecule has 2 saturated carbocycles. The molecule has 1 aliphatic heterocycles. The summed E-state index contributed by atoms with van der Waals surface area (Å²) in [7, 11) is 0. The van der Waals surface area contributed by atoms with E-state index in [4.69, 9.17) is 9.73 Å². The number of aliphatic hydroxyl groups excluding tert-OH is 2. The van der Waals surface area contributed by atoms with Crippen molar-refractivity contribution in [1.29, 1.82) is 0 Å². The van der Waals surface area contributed by atoms with Gasteiger partial charge in [-0.25, -0.2) is 4.99 Å². The Morgan fingerprint density at radius 1 is 0.914 bits per heavy atom. The largest absolute Gasteiger partial charge is 0.420 e. The molecular weight excluding hydrogens is 442 g/mol. The van der Waals surface area contributed by atoms with Crippen molar-refractivity contribution < 1.29 is 19.7 Å². The van der Waals surface area contributed by atoms with Crippen LogP contribution in [0.2, 0.25) is 0 Å². The van der Waals surface area contributed by atoms with Gasteiger partial charge in [0.25, 0.3) is 5.91 Å². The first-order valence-electron chi connectivity index (χ1n) is 13.6. The fourth-order valence-corrected chi connectivity index (χ4v) is 5.43. The molecule has 0 radical (unpaired) electrons. The Balaban J connectivity index is 1.52. The van der Waals surface area contributed by atoms with Gasteiger partial charge in [-0.3, -0.25) is 9.69 Å². The summed E-state index contributed by atoms with van der Waals surface area (Å²) in [5.41, 5.74) is 1.94. The van der Waals surface area contributed by atoms with Gasteiger partial charge in [0.2, 0.25) is 0 Å². The summed E-state index contributed by atoms with van der Waals surface area (Å²) in [6.07, 6.45) is 14.6. The van der Waals surface area contributed by atoms with Crippen molar-refractivity contribution in [3.63, 3.8) is 0 Å². The molecule has 2 N–H and O–H groups in total. The third kappa shape index (κ3) is 6.85. The lowest BCUT2D eigenvalue weighted by atomic mass is 9.94. The molecule has 4 rings (SSSR count). The van der Waals surface area contributed by atoms with Crippen LogP contribution in [0.3, 0.4) is 0 Å². The summed E-state index contributed by atoms with van der Waals surface area (Å²) in [6, 6.07) is 8.97. The molecule has 1 amide bonds. The monoisotopic (exact) mass is 483 g/mol. The quantitative estimate of drug-likeness (QED) is 0.479. The zero-order valence-corrected chi connectivity index (χ0v) is 20.9. The average molecular weight is 484 g/mol. The van der Waals surface area contributed by atoms with Crippen LogP contribution in [0.25, 0.3) is 6.08 Å². The molecule has 1 heterocycles. The van der Waals surface area contributed by atoms with E-state index in [0.717, 1.165) is 62.9 Å². The molecule has 0 bridgehead atoms. The summed E-state index contributed by atoms with van der Waals surface area (Å²) in [4.78, 5) is 22.4. The number of rotatable bonds is 10. The molecular formula is C28H41N3O4. The second-order valence-electron chi connectivity index (χ2n) is 10.0. The van der Waals surface area contributed by atoms with Gasteiger partial charge in [-0.2, -0.15) is 0 Å². The molecule has 3 aliphatic rings. The lowest BCUT2D eigenvalue weighted by molar-refractivity contribution is -0.124. The summed E-state index contributed by atoms with van der Waals surface area (Å²) >= 11 is 0. The van der Waals surface area contributed by atoms with E-state index < -0.39 is 0 Å². The fourth-order valence-electron chi connectivity index (χ4n) is 5.43. The number of nitrogens with zero attached hydrogens (tertiary/aromatic N) is 3. The van der Waals surface area contributed by atoms with E-state index in [-0.39, 0.29) is 31.2 Å². The predicted octanol–water partition coefficient (Wildman–Crippen LogP) is 4.48. The van der Waals surface area contributed by atoms with Gasteiger partial charge in [0.15, 0.2) is 5.76 Å². The normalized spacial score (nSPS) is 22.2. The van der Waals surface area contributed by atoms with Gasteiger partial charge in [0.05, 0.1) is 6.04 Å². The molecule has 7 nitrogen and oxygen atoms in total. The molecule has 1 saturated heterocycles. The van der Waals surface area contributed by atoms with Crippen molar-refractivity contribution in [2.45, 2.75) is 89.1 Å². The number of ether oxygens (including phenoxy) is 1. The van der Waals surface area contributed by atoms with Crippen LogP contribution in [0, 0.1) is 0 Å². The molecule has 0 aromatic heterocycles. The number of amidine groups is 1. The van der Waals surface area contributed by atoms with Crippen LogP contribution < -0.4 is 4.90 Å². The van der Waals surface area contributed by atoms with E-state index in [1.54, 1.807) is 0 Å². The molecule has 0 atom stereocenters. The summed E-state index contributed by atoms with van der Waals surface area (Å²) in [5, 5.41) is 18.4. The molecule has 2 aliphatic carbocycles. The van der Waals surface area contributed by atoms with Gasteiger partial charge in [-0.1, -0.05) is 50.7 Å². The number of hydrogen-bond donors (Lipinski definition) is 2. The van der Waals surface area contributed by atoms with E-state index in [1.165, 1.54) is 25.7 Å². The summed E-state index contributed by atoms with van der Waals surface area (Å²) in [6.45, 7) is 1.74. The Labute approximate surface area is 209 Å². The maximum absolute atomic E-state index is 13.5. The van der Waals surface area contributed by atoms with Gasteiger partial charge in [0.1, 0.15) is 0 Å². The SMILES string of the molecule is O=C1/C(=C\c2ccc(N(CCCO)CCCO)cc2)OC(=NC2CCCCC2)N1C1CCCCC1. The second-order valence-corrected chi connectivity index (χ2v) is 10.0. The van der Waals surface area contributed by atoms with Crippen molar-refractivity contribution in [3.8, 4) is 0 Å². The van der Waals surface area contributed by atoms with E-state index >= 15 is 0 Å². The van der Waals surface area contributed by atoms with Gasteiger partial charge in [-0.05, 0) is 62.3 Å². The number of carbonyl (C=O) groups is 1. The van der Waals surface area contributed by atoms with Crippen LogP contribution in [0.5, 0.6) is 0 Å². The van der Waals surface area contributed by atoms with Crippen LogP contribution >= 0.6 is 0 Å². The minimum absolute atomic E-state index is 0.0666. The number of aliphatic imine (C=N–C) groups is 1. The van der Waals surface area contributed by atoms with Crippen molar-refractivity contribution in [1.82, 2.24) is 4.90 Å². The molecule has 0 unspecified atom stereocenters. The summed E-state index contributed by atoms with van der Waals surface area (Å²) < 4.78 is 6.15. The van der Waals surface area contributed by atoms with Crippen LogP contribution in [0.1, 0.15) is 82.6 Å². The van der Waals surface area contributed by atoms with Crippen LogP contribution in [-0.2, 0) is 9.53 Å². The highest BCUT2D eigenvalue weighted by atomic mass is 16.5. The first-order chi connectivity index (χ1) is 17.2. The highest BCUT2D eigenvalue weighted by Gasteiger charge is 2.40. The summed E-state index contributed by atoms with van der Waals surface area (Å²) in [5.74, 6) is 0.290. The number of anilines is 1. The smallest absolute Gasteiger partial charge is 0.300 e. The zero-order valence-electron chi connectivity index (χ0n) is 20.9. The second kappa shape index (κ2) is 13.1. The standard InChI is InChI=1S/C28H41N3O4/c32-19-7-17-30(18-8-20-33)24-15-13-22(14-16-24)21-26-27(34)31(25-11-5-2-6-12-25)28(35-26)29-23-9-3-1-4-10-23/h13-16,21,23,25,32-33H,1-12,17-20H2/b26-21+,29-28?. The third-order valence-electron chi connectivity index (χ3n) is 7.37. The molecule has 3 fully saturated rings. The number of amides is 1. The van der Waals surface area contributed by atoms with Crippen molar-refractivity contribution >= 4 is 23.7 Å². The molecule has 0 spiro atoms. The molecule has 1 aromatic carbocycles. The van der Waals surface area contributed by atoms with Crippen LogP contribution in [0.15, 0.2) is 35.0 Å². The van der Waals surface area contributed by atoms with Crippen LogP contribution in [0.4, 0.5) is 5.69 Å². The fraction of sp³-hybridized carbons (Fsp3) is 0.643. The highest BCUT2D eigenvalue weighted by molar-refractivity contribution is 6.11. The Bertz CT molecular complexity index is 863. The van der Waals surface area contributed by atoms with Crippen molar-refractivity contribution in [2.75, 3.05) is 31.2 Å². The minimum atomic E-state index is -0.0666. The minimum Gasteiger partial charge on any atom is -0.420 e. The molecule has 7 heteroatoms. The molecule has 35 heavy (non-hydrogen) atoms. The van der Waals surface area contributed by atoms with E-state index in [1.807, 2.05) is 35.2 Å². The highest BCUT2D eigenvalue weighted by Crippen LogP contribution is 2.31. The van der Waals surface area contributed by atoms with Crippen LogP contribution in [-0.4, -0.2) is 65.4 Å². The maximum atomic E-state index is 13.5. The van der Waals surface area contributed by atoms with E-state index in [0.29, 0.717) is 24.6 Å². The number of carbonyl (C=O) groups excluding carboxylic acids is 1. The number of benzene rings is 1. The Kier molecular flexibility index (Phi) is 9.60.